The summed E-state index contributed by atoms with van der Waals surface area (Å²) in [5, 5.41) is 10.6. The van der Waals surface area contributed by atoms with Crippen LogP contribution in [0.5, 0.6) is 11.6 Å². The number of halogens is 2. The molecule has 0 bridgehead atoms. The molecular weight excluding hydrogens is 506 g/mol. The number of hydrogen-bond donors (Lipinski definition) is 2. The van der Waals surface area contributed by atoms with Crippen LogP contribution in [0.2, 0.25) is 0 Å². The van der Waals surface area contributed by atoms with Crippen LogP contribution in [0.15, 0.2) is 42.7 Å². The summed E-state index contributed by atoms with van der Waals surface area (Å²) in [6.07, 6.45) is 5.41. The first-order chi connectivity index (χ1) is 18.8. The topological polar surface area (TPSA) is 103 Å². The highest BCUT2D eigenvalue weighted by Gasteiger charge is 2.24. The summed E-state index contributed by atoms with van der Waals surface area (Å²) in [5.74, 6) is -0.454. The van der Waals surface area contributed by atoms with Gasteiger partial charge >= 0.3 is 0 Å². The van der Waals surface area contributed by atoms with Gasteiger partial charge in [0.1, 0.15) is 17.2 Å². The van der Waals surface area contributed by atoms with Crippen molar-refractivity contribution in [3.63, 3.8) is 0 Å². The molecule has 0 unspecified atom stereocenters. The third-order valence-corrected chi connectivity index (χ3v) is 6.28. The van der Waals surface area contributed by atoms with Gasteiger partial charge in [0.25, 0.3) is 5.91 Å². The lowest BCUT2D eigenvalue weighted by Crippen LogP contribution is -2.24. The third kappa shape index (κ3) is 6.24. The van der Waals surface area contributed by atoms with E-state index >= 15 is 0 Å². The maximum Gasteiger partial charge on any atom is 0.257 e. The molecule has 4 aromatic rings. The first kappa shape index (κ1) is 26.3. The van der Waals surface area contributed by atoms with Crippen molar-refractivity contribution < 1.29 is 23.0 Å². The molecule has 2 N–H and O–H groups in total. The third-order valence-electron chi connectivity index (χ3n) is 6.28. The number of nitrogens with zero attached hydrogens (tertiary/aromatic N) is 4. The highest BCUT2D eigenvalue weighted by molar-refractivity contribution is 5.97. The van der Waals surface area contributed by atoms with Crippen molar-refractivity contribution in [3.05, 3.63) is 65.5 Å². The Balaban J connectivity index is 1.36. The molecule has 39 heavy (non-hydrogen) atoms. The number of benzene rings is 1. The van der Waals surface area contributed by atoms with Gasteiger partial charge in [0, 0.05) is 36.5 Å². The average molecular weight is 537 g/mol. The van der Waals surface area contributed by atoms with Crippen LogP contribution < -0.4 is 20.1 Å². The predicted molar refractivity (Wildman–Crippen MR) is 142 cm³/mol. The standard InChI is InChI=1S/C28H30F2N6O3/c1-16(2)11-31-24-14-36-25(34-24)7-6-23(35-36)18-9-21(28(38-3)33-12-18)27(37)32-13-19-8-20(29)10-22(30)26(19)39-15-17-4-5-17/h6-10,12,14,16-17,31H,4-5,11,13,15H2,1-3H3,(H,32,37). The van der Waals surface area contributed by atoms with Gasteiger partial charge in [-0.05, 0) is 48.9 Å². The van der Waals surface area contributed by atoms with Crippen LogP contribution in [-0.2, 0) is 6.54 Å². The van der Waals surface area contributed by atoms with Crippen molar-refractivity contribution >= 4 is 17.4 Å². The fourth-order valence-corrected chi connectivity index (χ4v) is 4.01. The smallest absolute Gasteiger partial charge is 0.257 e. The van der Waals surface area contributed by atoms with Crippen LogP contribution in [0, 0.1) is 23.5 Å². The molecule has 1 amide bonds. The second-order valence-corrected chi connectivity index (χ2v) is 10.0. The van der Waals surface area contributed by atoms with Crippen molar-refractivity contribution in [1.29, 1.82) is 0 Å². The predicted octanol–water partition coefficient (Wildman–Crippen LogP) is 4.86. The molecule has 204 valence electrons. The van der Waals surface area contributed by atoms with Crippen molar-refractivity contribution in [1.82, 2.24) is 24.9 Å². The Morgan fingerprint density at radius 3 is 2.77 bits per heavy atom. The molecule has 1 aliphatic carbocycles. The number of anilines is 1. The molecular formula is C28H30F2N6O3. The molecule has 3 aromatic heterocycles. The lowest BCUT2D eigenvalue weighted by molar-refractivity contribution is 0.0946. The van der Waals surface area contributed by atoms with E-state index in [0.29, 0.717) is 35.3 Å². The number of methoxy groups -OCH3 is 1. The van der Waals surface area contributed by atoms with E-state index in [1.165, 1.54) is 7.11 Å². The zero-order valence-electron chi connectivity index (χ0n) is 22.0. The molecule has 0 atom stereocenters. The molecule has 0 aliphatic heterocycles. The summed E-state index contributed by atoms with van der Waals surface area (Å²) in [5.41, 5.74) is 2.19. The number of rotatable bonds is 11. The van der Waals surface area contributed by atoms with Gasteiger partial charge in [0.15, 0.2) is 17.2 Å². The summed E-state index contributed by atoms with van der Waals surface area (Å²) in [4.78, 5) is 22.0. The van der Waals surface area contributed by atoms with Crippen LogP contribution in [0.25, 0.3) is 16.9 Å². The van der Waals surface area contributed by atoms with Gasteiger partial charge in [0.05, 0.1) is 25.6 Å². The quantitative estimate of drug-likeness (QED) is 0.282. The number of pyridine rings is 1. The number of amides is 1. The number of imidazole rings is 1. The van der Waals surface area contributed by atoms with Crippen LogP contribution in [0.3, 0.4) is 0 Å². The van der Waals surface area contributed by atoms with E-state index in [9.17, 15) is 13.6 Å². The van der Waals surface area contributed by atoms with Crippen LogP contribution in [-0.4, -0.2) is 45.8 Å². The molecule has 1 aliphatic rings. The number of carbonyl (C=O) groups is 1. The number of carbonyl (C=O) groups excluding carboxylic acids is 1. The van der Waals surface area contributed by atoms with Gasteiger partial charge in [-0.1, -0.05) is 13.8 Å². The molecule has 3 heterocycles. The van der Waals surface area contributed by atoms with Crippen molar-refractivity contribution in [2.75, 3.05) is 25.6 Å². The molecule has 1 fully saturated rings. The van der Waals surface area contributed by atoms with Crippen molar-refractivity contribution in [3.8, 4) is 22.9 Å². The number of hydrogen-bond acceptors (Lipinski definition) is 7. The van der Waals surface area contributed by atoms with Crippen molar-refractivity contribution in [2.24, 2.45) is 11.8 Å². The summed E-state index contributed by atoms with van der Waals surface area (Å²) in [7, 11) is 1.41. The highest BCUT2D eigenvalue weighted by Crippen LogP contribution is 2.32. The summed E-state index contributed by atoms with van der Waals surface area (Å²) < 4.78 is 41.0. The van der Waals surface area contributed by atoms with Crippen LogP contribution >= 0.6 is 0 Å². The number of ether oxygens (including phenoxy) is 2. The highest BCUT2D eigenvalue weighted by atomic mass is 19.1. The number of fused-ring (bicyclic) bond motifs is 1. The lowest BCUT2D eigenvalue weighted by atomic mass is 10.1. The Morgan fingerprint density at radius 2 is 2.03 bits per heavy atom. The zero-order chi connectivity index (χ0) is 27.5. The van der Waals surface area contributed by atoms with Gasteiger partial charge in [-0.3, -0.25) is 4.79 Å². The van der Waals surface area contributed by atoms with Crippen LogP contribution in [0.4, 0.5) is 14.6 Å². The van der Waals surface area contributed by atoms with E-state index in [0.717, 1.165) is 37.3 Å². The zero-order valence-corrected chi connectivity index (χ0v) is 22.0. The SMILES string of the molecule is COc1ncc(-c2ccc3nc(NCC(C)C)cn3n2)cc1C(=O)NCc1cc(F)cc(F)c1OCC1CC1. The Hall–Kier alpha value is -4.28. The number of nitrogens with one attached hydrogen (secondary N) is 2. The molecule has 1 saturated carbocycles. The molecule has 0 radical (unpaired) electrons. The van der Waals surface area contributed by atoms with Gasteiger partial charge < -0.3 is 20.1 Å². The second-order valence-electron chi connectivity index (χ2n) is 10.0. The second kappa shape index (κ2) is 11.2. The Morgan fingerprint density at radius 1 is 1.21 bits per heavy atom. The van der Waals surface area contributed by atoms with E-state index in [4.69, 9.17) is 9.47 Å². The van der Waals surface area contributed by atoms with Gasteiger partial charge in [-0.2, -0.15) is 5.10 Å². The van der Waals surface area contributed by atoms with Crippen molar-refractivity contribution in [2.45, 2.75) is 33.2 Å². The fraction of sp³-hybridized carbons (Fsp3) is 0.357. The molecule has 1 aromatic carbocycles. The Bertz CT molecular complexity index is 1500. The maximum atomic E-state index is 14.5. The molecule has 9 nitrogen and oxygen atoms in total. The van der Waals surface area contributed by atoms with E-state index in [1.807, 2.05) is 6.07 Å². The minimum absolute atomic E-state index is 0.0532. The normalized spacial score (nSPS) is 13.1. The van der Waals surface area contributed by atoms with E-state index in [-0.39, 0.29) is 29.3 Å². The molecule has 0 saturated heterocycles. The summed E-state index contributed by atoms with van der Waals surface area (Å²) in [6.45, 7) is 5.22. The Labute approximate surface area is 224 Å². The minimum atomic E-state index is -0.801. The first-order valence-corrected chi connectivity index (χ1v) is 12.8. The largest absolute Gasteiger partial charge is 0.490 e. The number of aromatic nitrogens is 4. The fourth-order valence-electron chi connectivity index (χ4n) is 4.01. The van der Waals surface area contributed by atoms with Gasteiger partial charge in [-0.25, -0.2) is 23.3 Å². The molecule has 11 heteroatoms. The lowest BCUT2D eigenvalue weighted by Gasteiger charge is -2.14. The molecule has 5 rings (SSSR count). The van der Waals surface area contributed by atoms with Gasteiger partial charge in [0.2, 0.25) is 5.88 Å². The van der Waals surface area contributed by atoms with E-state index in [1.54, 1.807) is 29.0 Å². The minimum Gasteiger partial charge on any atom is -0.490 e. The summed E-state index contributed by atoms with van der Waals surface area (Å²) in [6, 6.07) is 7.16. The van der Waals surface area contributed by atoms with Crippen LogP contribution in [0.1, 0.15) is 42.6 Å². The Kier molecular flexibility index (Phi) is 7.58. The van der Waals surface area contributed by atoms with Gasteiger partial charge in [-0.15, -0.1) is 0 Å². The first-order valence-electron chi connectivity index (χ1n) is 12.8. The summed E-state index contributed by atoms with van der Waals surface area (Å²) >= 11 is 0. The maximum absolute atomic E-state index is 14.5. The molecule has 0 spiro atoms. The monoisotopic (exact) mass is 536 g/mol. The van der Waals surface area contributed by atoms with E-state index in [2.05, 4.69) is 39.5 Å². The average Bonchev–Trinajstić information content (AvgIpc) is 3.65. The van der Waals surface area contributed by atoms with E-state index < -0.39 is 17.5 Å².